The predicted octanol–water partition coefficient (Wildman–Crippen LogP) is 1.12. The summed E-state index contributed by atoms with van der Waals surface area (Å²) >= 11 is 0. The first kappa shape index (κ1) is 9.49. The van der Waals surface area contributed by atoms with Crippen LogP contribution >= 0.6 is 0 Å². The van der Waals surface area contributed by atoms with Gasteiger partial charge in [0, 0.05) is 6.04 Å². The van der Waals surface area contributed by atoms with Crippen LogP contribution in [0.3, 0.4) is 0 Å². The summed E-state index contributed by atoms with van der Waals surface area (Å²) in [5.41, 5.74) is 0. The van der Waals surface area contributed by atoms with Crippen LogP contribution in [0.25, 0.3) is 0 Å². The van der Waals surface area contributed by atoms with E-state index in [1.54, 1.807) is 4.90 Å². The van der Waals surface area contributed by atoms with Crippen molar-refractivity contribution in [2.24, 2.45) is 5.92 Å². The van der Waals surface area contributed by atoms with Gasteiger partial charge < -0.3 is 4.90 Å². The van der Waals surface area contributed by atoms with Crippen molar-refractivity contribution >= 4 is 11.9 Å². The maximum Gasteiger partial charge on any atom is 0.324 e. The number of amides is 3. The van der Waals surface area contributed by atoms with Crippen LogP contribution in [0.4, 0.5) is 4.79 Å². The first-order valence-corrected chi connectivity index (χ1v) is 5.33. The van der Waals surface area contributed by atoms with Crippen LogP contribution in [0.15, 0.2) is 0 Å². The molecule has 2 fully saturated rings. The minimum Gasteiger partial charge on any atom is -0.312 e. The predicted molar refractivity (Wildman–Crippen MR) is 51.7 cm³/mol. The molecule has 1 aliphatic carbocycles. The second-order valence-electron chi connectivity index (χ2n) is 4.15. The molecule has 4 nitrogen and oxygen atoms in total. The summed E-state index contributed by atoms with van der Waals surface area (Å²) in [4.78, 5) is 24.2. The number of nitrogens with zero attached hydrogens (tertiary/aromatic N) is 1. The Labute approximate surface area is 83.6 Å². The van der Waals surface area contributed by atoms with Crippen molar-refractivity contribution in [2.75, 3.05) is 6.54 Å². The highest BCUT2D eigenvalue weighted by Gasteiger charge is 2.38. The molecule has 0 aromatic heterocycles. The Kier molecular flexibility index (Phi) is 2.44. The molecule has 1 aliphatic heterocycles. The molecule has 0 spiro atoms. The number of rotatable bonds is 2. The zero-order chi connectivity index (χ0) is 10.1. The van der Waals surface area contributed by atoms with Crippen LogP contribution in [0.1, 0.15) is 32.6 Å². The first-order valence-electron chi connectivity index (χ1n) is 5.33. The number of nitrogens with one attached hydrogen (secondary N) is 1. The lowest BCUT2D eigenvalue weighted by Gasteiger charge is -2.26. The van der Waals surface area contributed by atoms with Crippen LogP contribution < -0.4 is 5.32 Å². The standard InChI is InChI=1S/C10H16N2O2/c1-2-7-4-3-5-8(7)12-6-9(13)11-10(12)14/h7-8H,2-6H2,1H3,(H,11,13,14). The summed E-state index contributed by atoms with van der Waals surface area (Å²) in [7, 11) is 0. The van der Waals surface area contributed by atoms with Crippen LogP contribution in [0.2, 0.25) is 0 Å². The Bertz CT molecular complexity index is 265. The van der Waals surface area contributed by atoms with Crippen molar-refractivity contribution < 1.29 is 9.59 Å². The highest BCUT2D eigenvalue weighted by molar-refractivity contribution is 6.02. The van der Waals surface area contributed by atoms with E-state index in [1.807, 2.05) is 0 Å². The third-order valence-electron chi connectivity index (χ3n) is 3.36. The maximum atomic E-state index is 11.4. The number of urea groups is 1. The second kappa shape index (κ2) is 3.59. The molecule has 1 saturated heterocycles. The third-order valence-corrected chi connectivity index (χ3v) is 3.36. The fourth-order valence-electron chi connectivity index (χ4n) is 2.63. The Morgan fingerprint density at radius 3 is 2.79 bits per heavy atom. The van der Waals surface area contributed by atoms with Gasteiger partial charge in [-0.15, -0.1) is 0 Å². The van der Waals surface area contributed by atoms with E-state index < -0.39 is 0 Å². The van der Waals surface area contributed by atoms with Crippen LogP contribution in [-0.4, -0.2) is 29.4 Å². The van der Waals surface area contributed by atoms with Crippen LogP contribution in [0, 0.1) is 5.92 Å². The quantitative estimate of drug-likeness (QED) is 0.673. The molecule has 0 radical (unpaired) electrons. The molecule has 14 heavy (non-hydrogen) atoms. The average Bonchev–Trinajstić information content (AvgIpc) is 2.71. The first-order chi connectivity index (χ1) is 6.72. The molecule has 1 N–H and O–H groups in total. The minimum atomic E-state index is -0.194. The summed E-state index contributed by atoms with van der Waals surface area (Å²) < 4.78 is 0. The fourth-order valence-corrected chi connectivity index (χ4v) is 2.63. The molecule has 2 unspecified atom stereocenters. The largest absolute Gasteiger partial charge is 0.324 e. The highest BCUT2D eigenvalue weighted by Crippen LogP contribution is 2.32. The van der Waals surface area contributed by atoms with Gasteiger partial charge in [0.15, 0.2) is 0 Å². The van der Waals surface area contributed by atoms with E-state index >= 15 is 0 Å². The van der Waals surface area contributed by atoms with Gasteiger partial charge in [0.2, 0.25) is 5.91 Å². The molecule has 1 heterocycles. The Hall–Kier alpha value is -1.06. The van der Waals surface area contributed by atoms with E-state index in [2.05, 4.69) is 12.2 Å². The number of carbonyl (C=O) groups excluding carboxylic acids is 2. The van der Waals surface area contributed by atoms with Crippen molar-refractivity contribution in [1.29, 1.82) is 0 Å². The van der Waals surface area contributed by atoms with Crippen molar-refractivity contribution in [1.82, 2.24) is 10.2 Å². The molecular formula is C10H16N2O2. The smallest absolute Gasteiger partial charge is 0.312 e. The van der Waals surface area contributed by atoms with Gasteiger partial charge in [-0.2, -0.15) is 0 Å². The van der Waals surface area contributed by atoms with E-state index in [0.29, 0.717) is 12.0 Å². The normalized spacial score (nSPS) is 32.5. The van der Waals surface area contributed by atoms with Crippen molar-refractivity contribution in [2.45, 2.75) is 38.6 Å². The summed E-state index contributed by atoms with van der Waals surface area (Å²) in [6.07, 6.45) is 4.53. The Morgan fingerprint density at radius 2 is 2.21 bits per heavy atom. The van der Waals surface area contributed by atoms with Crippen LogP contribution in [-0.2, 0) is 4.79 Å². The SMILES string of the molecule is CCC1CCCC1N1CC(=O)NC1=O. The van der Waals surface area contributed by atoms with E-state index in [-0.39, 0.29) is 18.5 Å². The third kappa shape index (κ3) is 1.49. The van der Waals surface area contributed by atoms with Gasteiger partial charge in [-0.1, -0.05) is 19.8 Å². The lowest BCUT2D eigenvalue weighted by molar-refractivity contribution is -0.118. The van der Waals surface area contributed by atoms with E-state index in [1.165, 1.54) is 12.8 Å². The number of hydrogen-bond donors (Lipinski definition) is 1. The Morgan fingerprint density at radius 1 is 1.43 bits per heavy atom. The minimum absolute atomic E-state index is 0.156. The summed E-state index contributed by atoms with van der Waals surface area (Å²) in [6.45, 7) is 2.42. The molecule has 1 saturated carbocycles. The molecule has 78 valence electrons. The van der Waals surface area contributed by atoms with Crippen molar-refractivity contribution in [3.8, 4) is 0 Å². The second-order valence-corrected chi connectivity index (χ2v) is 4.15. The topological polar surface area (TPSA) is 49.4 Å². The van der Waals surface area contributed by atoms with Gasteiger partial charge in [-0.25, -0.2) is 4.79 Å². The highest BCUT2D eigenvalue weighted by atomic mass is 16.2. The van der Waals surface area contributed by atoms with Gasteiger partial charge in [-0.3, -0.25) is 10.1 Å². The molecule has 2 atom stereocenters. The molecule has 0 aromatic rings. The van der Waals surface area contributed by atoms with Gasteiger partial charge in [0.25, 0.3) is 0 Å². The summed E-state index contributed by atoms with van der Waals surface area (Å²) in [5.74, 6) is 0.434. The molecule has 3 amide bonds. The molecular weight excluding hydrogens is 180 g/mol. The lowest BCUT2D eigenvalue weighted by Crippen LogP contribution is -2.39. The molecule has 0 bridgehead atoms. The van der Waals surface area contributed by atoms with Gasteiger partial charge in [0.1, 0.15) is 6.54 Å². The van der Waals surface area contributed by atoms with Gasteiger partial charge >= 0.3 is 6.03 Å². The zero-order valence-electron chi connectivity index (χ0n) is 8.45. The number of hydrogen-bond acceptors (Lipinski definition) is 2. The molecule has 4 heteroatoms. The number of imide groups is 1. The van der Waals surface area contributed by atoms with E-state index in [0.717, 1.165) is 12.8 Å². The van der Waals surface area contributed by atoms with Gasteiger partial charge in [-0.05, 0) is 18.8 Å². The summed E-state index contributed by atoms with van der Waals surface area (Å²) in [6, 6.07) is 0.104. The summed E-state index contributed by atoms with van der Waals surface area (Å²) in [5, 5.41) is 2.34. The molecule has 0 aromatic carbocycles. The molecule has 2 aliphatic rings. The number of carbonyl (C=O) groups is 2. The lowest BCUT2D eigenvalue weighted by atomic mass is 10.00. The Balaban J connectivity index is 2.07. The van der Waals surface area contributed by atoms with Crippen molar-refractivity contribution in [3.63, 3.8) is 0 Å². The van der Waals surface area contributed by atoms with Gasteiger partial charge in [0.05, 0.1) is 0 Å². The van der Waals surface area contributed by atoms with Crippen LogP contribution in [0.5, 0.6) is 0 Å². The fraction of sp³-hybridized carbons (Fsp3) is 0.800. The maximum absolute atomic E-state index is 11.4. The monoisotopic (exact) mass is 196 g/mol. The van der Waals surface area contributed by atoms with E-state index in [9.17, 15) is 9.59 Å². The zero-order valence-corrected chi connectivity index (χ0v) is 8.45. The average molecular weight is 196 g/mol. The van der Waals surface area contributed by atoms with E-state index in [4.69, 9.17) is 0 Å². The molecule has 2 rings (SSSR count). The van der Waals surface area contributed by atoms with Crippen molar-refractivity contribution in [3.05, 3.63) is 0 Å².